The number of rotatable bonds is 6. The number of ether oxygens (including phenoxy) is 1. The zero-order chi connectivity index (χ0) is 33.2. The van der Waals surface area contributed by atoms with Gasteiger partial charge in [-0.05, 0) is 41.2 Å². The third-order valence-electron chi connectivity index (χ3n) is 9.27. The van der Waals surface area contributed by atoms with E-state index in [-0.39, 0.29) is 35.6 Å². The van der Waals surface area contributed by atoms with Gasteiger partial charge in [0.05, 0.1) is 0 Å². The van der Waals surface area contributed by atoms with Gasteiger partial charge in [0.1, 0.15) is 29.4 Å². The first-order chi connectivity index (χ1) is 22.5. The van der Waals surface area contributed by atoms with E-state index in [9.17, 15) is 24.6 Å². The van der Waals surface area contributed by atoms with Gasteiger partial charge in [-0.15, -0.1) is 0 Å². The van der Waals surface area contributed by atoms with Crippen LogP contribution in [0, 0.1) is 11.8 Å². The summed E-state index contributed by atoms with van der Waals surface area (Å²) in [6, 6.07) is 13.1. The van der Waals surface area contributed by atoms with E-state index in [0.717, 1.165) is 22.4 Å². The van der Waals surface area contributed by atoms with Gasteiger partial charge >= 0.3 is 5.97 Å². The molecule has 0 saturated carbocycles. The second-order valence-electron chi connectivity index (χ2n) is 13.0. The minimum absolute atomic E-state index is 0.0186. The number of nitrogens with one attached hydrogen (secondary N) is 3. The number of carbonyl (C=O) groups excluding carboxylic acids is 2. The summed E-state index contributed by atoms with van der Waals surface area (Å²) in [7, 11) is 0. The Morgan fingerprint density at radius 2 is 1.81 bits per heavy atom. The molecule has 0 radical (unpaired) electrons. The minimum Gasteiger partial charge on any atom is -0.476 e. The van der Waals surface area contributed by atoms with Crippen molar-refractivity contribution in [1.82, 2.24) is 20.6 Å². The molecule has 1 spiro atoms. The first-order valence-electron chi connectivity index (χ1n) is 15.6. The number of aliphatic hydroxyl groups excluding tert-OH is 1. The molecule has 2 aromatic carbocycles. The maximum atomic E-state index is 13.8. The minimum atomic E-state index is -1.31. The van der Waals surface area contributed by atoms with Crippen molar-refractivity contribution in [2.24, 2.45) is 11.8 Å². The largest absolute Gasteiger partial charge is 0.476 e. The summed E-state index contributed by atoms with van der Waals surface area (Å²) in [6.45, 7) is 7.13. The fourth-order valence-electron chi connectivity index (χ4n) is 6.85. The number of benzene rings is 2. The zero-order valence-electron chi connectivity index (χ0n) is 26.3. The molecule has 0 saturated heterocycles. The number of oxazole rings is 1. The van der Waals surface area contributed by atoms with Crippen LogP contribution in [-0.2, 0) is 21.4 Å². The number of hydrogen-bond donors (Lipinski definition) is 5. The highest BCUT2D eigenvalue weighted by Gasteiger charge is 2.61. The standard InChI is InChI=1S/C35H35N5O7/c1-16(2)25-32-39-27(33(44)45)29(47-32)35-21-7-5-6-20(19-10-12-36-13-11-19)26(21)40-34(35)46-24-9-8-18(14-22(24)35)15-23(30(42)38-25)37-31(43)28(41)17(3)4/h5-14,16-17,23,25,28,34,40-41H,15H2,1-4H3,(H,37,43)(H,38,42)(H,44,45)/t23-,25-,28-,34?,35?/m0/s1. The van der Waals surface area contributed by atoms with Crippen molar-refractivity contribution in [3.63, 3.8) is 0 Å². The molecule has 3 aliphatic rings. The first kappa shape index (κ1) is 30.4. The lowest BCUT2D eigenvalue weighted by molar-refractivity contribution is -0.135. The fourth-order valence-corrected chi connectivity index (χ4v) is 6.85. The smallest absolute Gasteiger partial charge is 0.358 e. The van der Waals surface area contributed by atoms with Gasteiger partial charge in [0, 0.05) is 41.2 Å². The molecule has 2 amide bonds. The number of aliphatic hydroxyl groups is 1. The van der Waals surface area contributed by atoms with Crippen LogP contribution < -0.4 is 20.7 Å². The van der Waals surface area contributed by atoms with Gasteiger partial charge in [-0.1, -0.05) is 58.0 Å². The highest BCUT2D eigenvalue weighted by Crippen LogP contribution is 2.60. The number of aromatic carboxylic acids is 1. The molecule has 47 heavy (non-hydrogen) atoms. The lowest BCUT2D eigenvalue weighted by Gasteiger charge is -2.29. The van der Waals surface area contributed by atoms with E-state index in [1.165, 1.54) is 0 Å². The van der Waals surface area contributed by atoms with Gasteiger partial charge in [-0.25, -0.2) is 9.78 Å². The van der Waals surface area contributed by atoms with Gasteiger partial charge < -0.3 is 35.3 Å². The van der Waals surface area contributed by atoms with E-state index < -0.39 is 47.6 Å². The predicted octanol–water partition coefficient (Wildman–Crippen LogP) is 3.78. The summed E-state index contributed by atoms with van der Waals surface area (Å²) in [5.41, 5.74) is 3.02. The van der Waals surface area contributed by atoms with Crippen molar-refractivity contribution in [1.29, 1.82) is 0 Å². The van der Waals surface area contributed by atoms with Gasteiger partial charge in [-0.3, -0.25) is 14.6 Å². The molecule has 12 heteroatoms. The lowest BCUT2D eigenvalue weighted by atomic mass is 9.72. The zero-order valence-corrected chi connectivity index (χ0v) is 26.3. The molecule has 5 N–H and O–H groups in total. The Morgan fingerprint density at radius 1 is 1.04 bits per heavy atom. The number of anilines is 1. The van der Waals surface area contributed by atoms with Crippen molar-refractivity contribution in [3.05, 3.63) is 95.0 Å². The Labute approximate surface area is 270 Å². The highest BCUT2D eigenvalue weighted by molar-refractivity contribution is 5.92. The average Bonchev–Trinajstić information content (AvgIpc) is 3.72. The topological polar surface area (TPSA) is 176 Å². The number of hydrogen-bond acceptors (Lipinski definition) is 9. The highest BCUT2D eigenvalue weighted by atomic mass is 16.5. The summed E-state index contributed by atoms with van der Waals surface area (Å²) in [4.78, 5) is 48.4. The second kappa shape index (κ2) is 11.2. The second-order valence-corrected chi connectivity index (χ2v) is 13.0. The number of carbonyl (C=O) groups is 3. The summed E-state index contributed by atoms with van der Waals surface area (Å²) < 4.78 is 13.1. The number of fused-ring (bicyclic) bond motifs is 4. The number of carboxylic acid groups (broad SMARTS) is 1. The molecule has 12 nitrogen and oxygen atoms in total. The van der Waals surface area contributed by atoms with Gasteiger partial charge in [-0.2, -0.15) is 0 Å². The van der Waals surface area contributed by atoms with Crippen LogP contribution in [0.25, 0.3) is 11.1 Å². The SMILES string of the molecule is CC(C)[C@H](O)C(=O)N[C@H]1Cc2ccc3c(c2)C2(c4cccc(-c5ccncc5)c4NC2O3)c2oc(nc2C(=O)O)[C@H](C(C)C)NC1=O. The van der Waals surface area contributed by atoms with E-state index in [4.69, 9.17) is 9.15 Å². The van der Waals surface area contributed by atoms with Crippen molar-refractivity contribution < 1.29 is 33.8 Å². The first-order valence-corrected chi connectivity index (χ1v) is 15.6. The molecular weight excluding hydrogens is 602 g/mol. The van der Waals surface area contributed by atoms with Gasteiger partial charge in [0.15, 0.2) is 17.7 Å². The van der Waals surface area contributed by atoms with Crippen LogP contribution in [0.5, 0.6) is 5.75 Å². The molecule has 2 aromatic heterocycles. The van der Waals surface area contributed by atoms with Crippen LogP contribution in [0.4, 0.5) is 5.69 Å². The fraction of sp³-hybridized carbons (Fsp3) is 0.343. The average molecular weight is 638 g/mol. The molecule has 0 aliphatic carbocycles. The number of pyridine rings is 1. The third kappa shape index (κ3) is 4.73. The maximum absolute atomic E-state index is 13.8. The Balaban J connectivity index is 1.48. The van der Waals surface area contributed by atoms with Crippen LogP contribution in [-0.4, -0.2) is 56.3 Å². The number of nitrogens with zero attached hydrogens (tertiary/aromatic N) is 2. The van der Waals surface area contributed by atoms with Crippen LogP contribution in [0.3, 0.4) is 0 Å². The van der Waals surface area contributed by atoms with Crippen molar-refractivity contribution in [2.75, 3.05) is 5.32 Å². The Morgan fingerprint density at radius 3 is 2.51 bits per heavy atom. The van der Waals surface area contributed by atoms with Crippen molar-refractivity contribution >= 4 is 23.5 Å². The molecular formula is C35H35N5O7. The molecule has 7 rings (SSSR count). The Bertz CT molecular complexity index is 1910. The quantitative estimate of drug-likeness (QED) is 0.209. The number of carboxylic acids is 1. The van der Waals surface area contributed by atoms with Gasteiger partial charge in [0.25, 0.3) is 0 Å². The van der Waals surface area contributed by atoms with Crippen molar-refractivity contribution in [2.45, 2.75) is 63.9 Å². The molecule has 3 aliphatic heterocycles. The molecule has 4 aromatic rings. The molecule has 5 heterocycles. The Kier molecular flexibility index (Phi) is 7.27. The maximum Gasteiger partial charge on any atom is 0.358 e. The van der Waals surface area contributed by atoms with Crippen LogP contribution in [0.2, 0.25) is 0 Å². The Hall–Kier alpha value is -5.23. The number of para-hydroxylation sites is 1. The summed E-state index contributed by atoms with van der Waals surface area (Å²) in [5.74, 6) is -2.51. The van der Waals surface area contributed by atoms with E-state index in [0.29, 0.717) is 16.9 Å². The lowest BCUT2D eigenvalue weighted by Crippen LogP contribution is -2.52. The molecule has 242 valence electrons. The monoisotopic (exact) mass is 637 g/mol. The van der Waals surface area contributed by atoms with E-state index >= 15 is 0 Å². The predicted molar refractivity (Wildman–Crippen MR) is 170 cm³/mol. The van der Waals surface area contributed by atoms with Crippen molar-refractivity contribution in [3.8, 4) is 16.9 Å². The number of aromatic nitrogens is 2. The molecule has 0 fully saturated rings. The summed E-state index contributed by atoms with van der Waals surface area (Å²) in [6.07, 6.45) is 1.40. The van der Waals surface area contributed by atoms with E-state index in [1.54, 1.807) is 32.3 Å². The van der Waals surface area contributed by atoms with Crippen LogP contribution >= 0.6 is 0 Å². The van der Waals surface area contributed by atoms with Crippen LogP contribution in [0.15, 0.2) is 65.3 Å². The summed E-state index contributed by atoms with van der Waals surface area (Å²) >= 11 is 0. The summed E-state index contributed by atoms with van der Waals surface area (Å²) in [5, 5.41) is 30.2. The van der Waals surface area contributed by atoms with Gasteiger partial charge in [0.2, 0.25) is 17.7 Å². The molecule has 4 bridgehead atoms. The molecule has 2 unspecified atom stereocenters. The molecule has 5 atom stereocenters. The van der Waals surface area contributed by atoms with E-state index in [2.05, 4.69) is 25.9 Å². The van der Waals surface area contributed by atoms with E-state index in [1.807, 2.05) is 56.3 Å². The van der Waals surface area contributed by atoms with Crippen LogP contribution in [0.1, 0.15) is 72.6 Å². The number of amides is 2. The normalized spacial score (nSPS) is 23.0. The third-order valence-corrected chi connectivity index (χ3v) is 9.27.